The number of Topliss-reactive ketones (excluding diaryl/α,β-unsaturated/α-hetero) is 1. The van der Waals surface area contributed by atoms with Crippen LogP contribution in [-0.2, 0) is 4.79 Å². The predicted molar refractivity (Wildman–Crippen MR) is 68.2 cm³/mol. The van der Waals surface area contributed by atoms with Crippen LogP contribution in [0.3, 0.4) is 0 Å². The van der Waals surface area contributed by atoms with Crippen molar-refractivity contribution in [2.75, 3.05) is 13.1 Å². The van der Waals surface area contributed by atoms with Crippen molar-refractivity contribution in [3.8, 4) is 0 Å². The molecule has 18 heavy (non-hydrogen) atoms. The maximum atomic E-state index is 12.4. The lowest BCUT2D eigenvalue weighted by Gasteiger charge is -2.57. The Hall–Kier alpha value is -0.830. The first-order valence-electron chi connectivity index (χ1n) is 7.36. The van der Waals surface area contributed by atoms with Crippen molar-refractivity contribution in [2.24, 2.45) is 17.8 Å². The molecule has 3 nitrogen and oxygen atoms in total. The van der Waals surface area contributed by atoms with Crippen molar-refractivity contribution in [1.82, 2.24) is 4.90 Å². The molecule has 2 bridgehead atoms. The first-order valence-corrected chi connectivity index (χ1v) is 7.36. The third-order valence-electron chi connectivity index (χ3n) is 5.93. The highest BCUT2D eigenvalue weighted by molar-refractivity contribution is 5.98. The summed E-state index contributed by atoms with van der Waals surface area (Å²) >= 11 is 0. The molecule has 2 saturated heterocycles. The SMILES string of the molecule is C[C@@H]1C[C@@H]2C(=O)C(O)=C3CCN4CCC[C@@H]2[C@@]34C1. The molecule has 4 rings (SSSR count). The van der Waals surface area contributed by atoms with E-state index in [1.165, 1.54) is 12.8 Å². The normalized spacial score (nSPS) is 47.4. The van der Waals surface area contributed by atoms with Crippen LogP contribution in [-0.4, -0.2) is 34.4 Å². The van der Waals surface area contributed by atoms with E-state index in [2.05, 4.69) is 11.8 Å². The van der Waals surface area contributed by atoms with Gasteiger partial charge in [-0.2, -0.15) is 0 Å². The Bertz CT molecular complexity index is 455. The fraction of sp³-hybridized carbons (Fsp3) is 0.800. The molecule has 2 aliphatic carbocycles. The van der Waals surface area contributed by atoms with E-state index in [-0.39, 0.29) is 23.0 Å². The molecule has 0 amide bonds. The smallest absolute Gasteiger partial charge is 0.200 e. The minimum Gasteiger partial charge on any atom is -0.504 e. The molecular weight excluding hydrogens is 226 g/mol. The summed E-state index contributed by atoms with van der Waals surface area (Å²) < 4.78 is 0. The number of aliphatic hydroxyl groups excluding tert-OH is 1. The minimum absolute atomic E-state index is 0.0564. The minimum atomic E-state index is 0.0564. The van der Waals surface area contributed by atoms with Crippen molar-refractivity contribution in [3.05, 3.63) is 11.3 Å². The average molecular weight is 247 g/mol. The Labute approximate surface area is 108 Å². The lowest BCUT2D eigenvalue weighted by molar-refractivity contribution is -0.134. The molecule has 3 heteroatoms. The van der Waals surface area contributed by atoms with Crippen molar-refractivity contribution in [3.63, 3.8) is 0 Å². The van der Waals surface area contributed by atoms with Gasteiger partial charge in [-0.15, -0.1) is 0 Å². The Balaban J connectivity index is 1.95. The van der Waals surface area contributed by atoms with Gasteiger partial charge in [-0.25, -0.2) is 0 Å². The van der Waals surface area contributed by atoms with Gasteiger partial charge in [0.15, 0.2) is 5.76 Å². The van der Waals surface area contributed by atoms with Crippen LogP contribution in [0.2, 0.25) is 0 Å². The van der Waals surface area contributed by atoms with Crippen molar-refractivity contribution < 1.29 is 9.90 Å². The van der Waals surface area contributed by atoms with Crippen molar-refractivity contribution in [1.29, 1.82) is 0 Å². The van der Waals surface area contributed by atoms with E-state index < -0.39 is 0 Å². The van der Waals surface area contributed by atoms with Crippen LogP contribution in [0.25, 0.3) is 0 Å². The highest BCUT2D eigenvalue weighted by atomic mass is 16.3. The monoisotopic (exact) mass is 247 g/mol. The topological polar surface area (TPSA) is 40.5 Å². The third-order valence-corrected chi connectivity index (χ3v) is 5.93. The van der Waals surface area contributed by atoms with Gasteiger partial charge in [0.05, 0.1) is 0 Å². The number of aliphatic hydroxyl groups is 1. The van der Waals surface area contributed by atoms with Gasteiger partial charge in [0, 0.05) is 18.0 Å². The van der Waals surface area contributed by atoms with E-state index in [0.717, 1.165) is 37.9 Å². The van der Waals surface area contributed by atoms with Gasteiger partial charge in [0.1, 0.15) is 0 Å². The molecule has 98 valence electrons. The molecule has 0 aromatic rings. The molecule has 1 spiro atoms. The number of hydrogen-bond acceptors (Lipinski definition) is 3. The average Bonchev–Trinajstić information content (AvgIpc) is 2.71. The van der Waals surface area contributed by atoms with Crippen LogP contribution in [0.15, 0.2) is 11.3 Å². The van der Waals surface area contributed by atoms with E-state index in [0.29, 0.717) is 11.8 Å². The number of rotatable bonds is 0. The Morgan fingerprint density at radius 2 is 2.22 bits per heavy atom. The lowest BCUT2D eigenvalue weighted by Crippen LogP contribution is -2.63. The summed E-state index contributed by atoms with van der Waals surface area (Å²) in [4.78, 5) is 15.0. The molecule has 1 N–H and O–H groups in total. The number of piperidine rings is 1. The van der Waals surface area contributed by atoms with Gasteiger partial charge in [-0.05, 0) is 56.1 Å². The highest BCUT2D eigenvalue weighted by Gasteiger charge is 2.62. The van der Waals surface area contributed by atoms with Gasteiger partial charge < -0.3 is 5.11 Å². The van der Waals surface area contributed by atoms with Crippen molar-refractivity contribution in [2.45, 2.75) is 44.6 Å². The van der Waals surface area contributed by atoms with E-state index in [9.17, 15) is 9.90 Å². The van der Waals surface area contributed by atoms with Crippen LogP contribution in [0.1, 0.15) is 39.0 Å². The largest absolute Gasteiger partial charge is 0.504 e. The fourth-order valence-corrected chi connectivity index (χ4v) is 5.45. The van der Waals surface area contributed by atoms with Gasteiger partial charge in [-0.3, -0.25) is 9.69 Å². The molecule has 4 aliphatic rings. The second-order valence-corrected chi connectivity index (χ2v) is 6.75. The van der Waals surface area contributed by atoms with Gasteiger partial charge in [0.25, 0.3) is 0 Å². The maximum absolute atomic E-state index is 12.4. The number of carbonyl (C=O) groups excluding carboxylic acids is 1. The quantitative estimate of drug-likeness (QED) is 0.714. The Morgan fingerprint density at radius 3 is 3.06 bits per heavy atom. The third kappa shape index (κ3) is 1.08. The molecule has 1 saturated carbocycles. The predicted octanol–water partition coefficient (Wildman–Crippen LogP) is 2.28. The van der Waals surface area contributed by atoms with E-state index in [1.54, 1.807) is 0 Å². The number of allylic oxidation sites excluding steroid dienone is 1. The first-order chi connectivity index (χ1) is 8.64. The Kier molecular flexibility index (Phi) is 2.07. The standard InChI is InChI=1S/C15H21NO2/c1-9-7-10-11-3-2-5-16-6-4-12(14(18)13(10)17)15(11,16)8-9/h9-11,18H,2-8H2,1H3/t9-,10+,11+,15+/m1/s1. The van der Waals surface area contributed by atoms with Crippen LogP contribution in [0.4, 0.5) is 0 Å². The van der Waals surface area contributed by atoms with E-state index in [4.69, 9.17) is 0 Å². The van der Waals surface area contributed by atoms with Gasteiger partial charge >= 0.3 is 0 Å². The maximum Gasteiger partial charge on any atom is 0.200 e. The molecule has 4 atom stereocenters. The summed E-state index contributed by atoms with van der Waals surface area (Å²) in [5, 5.41) is 10.3. The first kappa shape index (κ1) is 11.0. The van der Waals surface area contributed by atoms with Crippen LogP contribution >= 0.6 is 0 Å². The van der Waals surface area contributed by atoms with E-state index >= 15 is 0 Å². The molecule has 0 radical (unpaired) electrons. The summed E-state index contributed by atoms with van der Waals surface area (Å²) in [6, 6.07) is 0. The number of hydrogen-bond donors (Lipinski definition) is 1. The van der Waals surface area contributed by atoms with Gasteiger partial charge in [-0.1, -0.05) is 6.92 Å². The second kappa shape index (κ2) is 3.38. The molecule has 0 aromatic heterocycles. The van der Waals surface area contributed by atoms with Gasteiger partial charge in [0.2, 0.25) is 5.78 Å². The second-order valence-electron chi connectivity index (χ2n) is 6.75. The summed E-state index contributed by atoms with van der Waals surface area (Å²) in [7, 11) is 0. The summed E-state index contributed by atoms with van der Waals surface area (Å²) in [6.45, 7) is 4.47. The van der Waals surface area contributed by atoms with Crippen LogP contribution in [0.5, 0.6) is 0 Å². The molecular formula is C15H21NO2. The zero-order chi connectivity index (χ0) is 12.5. The Morgan fingerprint density at radius 1 is 1.39 bits per heavy atom. The molecule has 3 fully saturated rings. The molecule has 2 heterocycles. The number of nitrogens with zero attached hydrogens (tertiary/aromatic N) is 1. The molecule has 0 aromatic carbocycles. The summed E-state index contributed by atoms with van der Waals surface area (Å²) in [6.07, 6.45) is 5.44. The van der Waals surface area contributed by atoms with E-state index in [1.807, 2.05) is 0 Å². The highest BCUT2D eigenvalue weighted by Crippen LogP contribution is 2.59. The summed E-state index contributed by atoms with van der Waals surface area (Å²) in [5.41, 5.74) is 1.17. The zero-order valence-corrected chi connectivity index (χ0v) is 11.0. The van der Waals surface area contributed by atoms with Crippen LogP contribution < -0.4 is 0 Å². The fourth-order valence-electron chi connectivity index (χ4n) is 5.45. The number of ketones is 1. The van der Waals surface area contributed by atoms with Crippen molar-refractivity contribution >= 4 is 5.78 Å². The molecule has 2 aliphatic heterocycles. The number of carbonyl (C=O) groups is 1. The lowest BCUT2D eigenvalue weighted by atomic mass is 9.54. The molecule has 0 unspecified atom stereocenters. The van der Waals surface area contributed by atoms with Crippen LogP contribution in [0, 0.1) is 17.8 Å². The summed E-state index contributed by atoms with van der Waals surface area (Å²) in [5.74, 6) is 1.40. The zero-order valence-electron chi connectivity index (χ0n) is 11.0.